The molecule has 2 rings (SSSR count). The van der Waals surface area contributed by atoms with Crippen molar-refractivity contribution in [3.63, 3.8) is 0 Å². The van der Waals surface area contributed by atoms with Crippen molar-refractivity contribution in [1.29, 1.82) is 0 Å². The van der Waals surface area contributed by atoms with Crippen LogP contribution in [-0.4, -0.2) is 24.5 Å². The summed E-state index contributed by atoms with van der Waals surface area (Å²) in [4.78, 5) is 14.4. The van der Waals surface area contributed by atoms with E-state index in [-0.39, 0.29) is 11.5 Å². The number of hydrogen-bond acceptors (Lipinski definition) is 3. The fraction of sp³-hybridized carbons (Fsp3) is 0.235. The third kappa shape index (κ3) is 5.35. The number of guanidine groups is 1. The van der Waals surface area contributed by atoms with Crippen LogP contribution in [0.1, 0.15) is 11.1 Å². The zero-order valence-corrected chi connectivity index (χ0v) is 13.3. The van der Waals surface area contributed by atoms with E-state index in [1.165, 1.54) is 24.3 Å². The monoisotopic (exact) mass is 330 g/mol. The molecule has 0 unspecified atom stereocenters. The summed E-state index contributed by atoms with van der Waals surface area (Å²) >= 11 is 0. The van der Waals surface area contributed by atoms with E-state index in [2.05, 4.69) is 15.6 Å². The van der Waals surface area contributed by atoms with Crippen LogP contribution in [0.3, 0.4) is 0 Å². The summed E-state index contributed by atoms with van der Waals surface area (Å²) in [5.41, 5.74) is 1.75. The highest BCUT2D eigenvalue weighted by Crippen LogP contribution is 2.12. The molecule has 0 aromatic heterocycles. The van der Waals surface area contributed by atoms with Crippen LogP contribution in [0.4, 0.5) is 10.1 Å². The van der Waals surface area contributed by atoms with Gasteiger partial charge in [-0.3, -0.25) is 15.1 Å². The highest BCUT2D eigenvalue weighted by atomic mass is 19.1. The summed E-state index contributed by atoms with van der Waals surface area (Å²) < 4.78 is 13.1. The number of aliphatic imine (C=N–C) groups is 1. The lowest BCUT2D eigenvalue weighted by molar-refractivity contribution is -0.384. The molecular formula is C17H19FN4O2. The molecule has 7 heteroatoms. The van der Waals surface area contributed by atoms with Crippen LogP contribution >= 0.6 is 0 Å². The van der Waals surface area contributed by atoms with Crippen LogP contribution in [0.5, 0.6) is 0 Å². The molecule has 0 saturated carbocycles. The van der Waals surface area contributed by atoms with Crippen LogP contribution in [0.15, 0.2) is 53.5 Å². The van der Waals surface area contributed by atoms with Crippen LogP contribution in [0, 0.1) is 15.9 Å². The number of rotatable bonds is 6. The van der Waals surface area contributed by atoms with Crippen molar-refractivity contribution >= 4 is 11.6 Å². The molecular weight excluding hydrogens is 311 g/mol. The first-order chi connectivity index (χ1) is 11.6. The van der Waals surface area contributed by atoms with E-state index in [4.69, 9.17) is 0 Å². The summed E-state index contributed by atoms with van der Waals surface area (Å²) in [5.74, 6) is 0.332. The number of benzene rings is 2. The second kappa shape index (κ2) is 8.61. The molecule has 0 saturated heterocycles. The van der Waals surface area contributed by atoms with Gasteiger partial charge in [0.05, 0.1) is 4.92 Å². The minimum Gasteiger partial charge on any atom is -0.356 e. The number of nitro benzene ring substituents is 1. The summed E-state index contributed by atoms with van der Waals surface area (Å²) in [6.45, 7) is 1.01. The van der Waals surface area contributed by atoms with E-state index < -0.39 is 4.92 Å². The normalized spacial score (nSPS) is 11.2. The lowest BCUT2D eigenvalue weighted by Gasteiger charge is -2.12. The van der Waals surface area contributed by atoms with E-state index in [0.29, 0.717) is 25.5 Å². The number of non-ortho nitro benzene ring substituents is 1. The zero-order chi connectivity index (χ0) is 17.4. The highest BCUT2D eigenvalue weighted by molar-refractivity contribution is 5.79. The lowest BCUT2D eigenvalue weighted by Crippen LogP contribution is -2.37. The van der Waals surface area contributed by atoms with Crippen molar-refractivity contribution in [1.82, 2.24) is 10.6 Å². The van der Waals surface area contributed by atoms with Crippen LogP contribution < -0.4 is 10.6 Å². The molecule has 0 aliphatic heterocycles. The van der Waals surface area contributed by atoms with Crippen LogP contribution in [0.25, 0.3) is 0 Å². The molecule has 0 bridgehead atoms. The van der Waals surface area contributed by atoms with Crippen LogP contribution in [0.2, 0.25) is 0 Å². The van der Waals surface area contributed by atoms with Gasteiger partial charge in [0.1, 0.15) is 5.82 Å². The lowest BCUT2D eigenvalue weighted by atomic mass is 10.1. The quantitative estimate of drug-likeness (QED) is 0.369. The second-order valence-corrected chi connectivity index (χ2v) is 5.16. The van der Waals surface area contributed by atoms with Gasteiger partial charge >= 0.3 is 0 Å². The van der Waals surface area contributed by atoms with Crippen molar-refractivity contribution in [2.45, 2.75) is 13.0 Å². The van der Waals surface area contributed by atoms with Crippen molar-refractivity contribution < 1.29 is 9.31 Å². The number of nitrogens with one attached hydrogen (secondary N) is 2. The molecule has 0 amide bonds. The fourth-order valence-electron chi connectivity index (χ4n) is 2.20. The van der Waals surface area contributed by atoms with Gasteiger partial charge in [0.25, 0.3) is 5.69 Å². The van der Waals surface area contributed by atoms with Crippen molar-refractivity contribution in [3.05, 3.63) is 75.6 Å². The van der Waals surface area contributed by atoms with Crippen molar-refractivity contribution in [2.75, 3.05) is 13.6 Å². The highest BCUT2D eigenvalue weighted by Gasteiger charge is 2.06. The molecule has 0 fully saturated rings. The third-order valence-corrected chi connectivity index (χ3v) is 3.40. The maximum Gasteiger partial charge on any atom is 0.269 e. The smallest absolute Gasteiger partial charge is 0.269 e. The van der Waals surface area contributed by atoms with Crippen molar-refractivity contribution in [2.24, 2.45) is 4.99 Å². The molecule has 2 aromatic carbocycles. The maximum absolute atomic E-state index is 13.1. The Morgan fingerprint density at radius 3 is 2.62 bits per heavy atom. The van der Waals surface area contributed by atoms with E-state index in [0.717, 1.165) is 11.1 Å². The Balaban J connectivity index is 1.82. The second-order valence-electron chi connectivity index (χ2n) is 5.16. The number of nitrogens with zero attached hydrogens (tertiary/aromatic N) is 2. The van der Waals surface area contributed by atoms with Crippen LogP contribution in [-0.2, 0) is 13.0 Å². The predicted molar refractivity (Wildman–Crippen MR) is 91.4 cm³/mol. The average Bonchev–Trinajstić information content (AvgIpc) is 2.58. The molecule has 2 N–H and O–H groups in total. The first kappa shape index (κ1) is 17.4. The van der Waals surface area contributed by atoms with Gasteiger partial charge in [0.15, 0.2) is 5.96 Å². The fourth-order valence-corrected chi connectivity index (χ4v) is 2.20. The average molecular weight is 330 g/mol. The Kier molecular flexibility index (Phi) is 6.24. The summed E-state index contributed by atoms with van der Waals surface area (Å²) in [5, 5.41) is 17.0. The summed E-state index contributed by atoms with van der Waals surface area (Å²) in [6, 6.07) is 12.9. The standard InChI is InChI=1S/C17H19FN4O2/c1-19-17(20-9-8-13-4-2-6-15(18)10-13)21-12-14-5-3-7-16(11-14)22(23)24/h2-7,10-11H,8-9,12H2,1H3,(H2,19,20,21). The largest absolute Gasteiger partial charge is 0.356 e. The Hall–Kier alpha value is -2.96. The first-order valence-electron chi connectivity index (χ1n) is 7.51. The van der Waals surface area contributed by atoms with E-state index in [1.54, 1.807) is 25.2 Å². The number of hydrogen-bond donors (Lipinski definition) is 2. The van der Waals surface area contributed by atoms with Gasteiger partial charge in [-0.25, -0.2) is 4.39 Å². The number of halogens is 1. The Labute approximate surface area is 139 Å². The summed E-state index contributed by atoms with van der Waals surface area (Å²) in [6.07, 6.45) is 0.662. The molecule has 0 aliphatic carbocycles. The molecule has 0 heterocycles. The van der Waals surface area contributed by atoms with Gasteiger partial charge in [0, 0.05) is 32.3 Å². The molecule has 0 radical (unpaired) electrons. The van der Waals surface area contributed by atoms with E-state index in [9.17, 15) is 14.5 Å². The maximum atomic E-state index is 13.1. The van der Waals surface area contributed by atoms with Gasteiger partial charge < -0.3 is 10.6 Å². The Morgan fingerprint density at radius 2 is 1.92 bits per heavy atom. The molecule has 0 atom stereocenters. The van der Waals surface area contributed by atoms with Gasteiger partial charge in [-0.15, -0.1) is 0 Å². The molecule has 6 nitrogen and oxygen atoms in total. The molecule has 126 valence electrons. The summed E-state index contributed by atoms with van der Waals surface area (Å²) in [7, 11) is 1.64. The van der Waals surface area contributed by atoms with E-state index in [1.807, 2.05) is 6.07 Å². The van der Waals surface area contributed by atoms with Crippen molar-refractivity contribution in [3.8, 4) is 0 Å². The number of nitro groups is 1. The Morgan fingerprint density at radius 1 is 1.17 bits per heavy atom. The topological polar surface area (TPSA) is 79.6 Å². The predicted octanol–water partition coefficient (Wildman–Crippen LogP) is 2.64. The molecule has 24 heavy (non-hydrogen) atoms. The van der Waals surface area contributed by atoms with E-state index >= 15 is 0 Å². The van der Waals surface area contributed by atoms with Gasteiger partial charge in [-0.05, 0) is 29.7 Å². The first-order valence-corrected chi connectivity index (χ1v) is 7.51. The molecule has 2 aromatic rings. The van der Waals surface area contributed by atoms with Gasteiger partial charge in [-0.1, -0.05) is 24.3 Å². The molecule has 0 aliphatic rings. The minimum atomic E-state index is -0.421. The minimum absolute atomic E-state index is 0.0587. The van der Waals surface area contributed by atoms with Gasteiger partial charge in [-0.2, -0.15) is 0 Å². The third-order valence-electron chi connectivity index (χ3n) is 3.40. The zero-order valence-electron chi connectivity index (χ0n) is 13.3. The molecule has 0 spiro atoms. The Bertz CT molecular complexity index is 734. The SMILES string of the molecule is CN=C(NCCc1cccc(F)c1)NCc1cccc([N+](=O)[O-])c1. The van der Waals surface area contributed by atoms with Gasteiger partial charge in [0.2, 0.25) is 0 Å².